The number of aromatic nitrogens is 3. The Morgan fingerprint density at radius 3 is 2.72 bits per heavy atom. The number of carbonyl (C=O) groups is 1. The Balaban J connectivity index is 2.11. The zero-order chi connectivity index (χ0) is 13.1. The van der Waals surface area contributed by atoms with Crippen molar-refractivity contribution in [3.8, 4) is 0 Å². The van der Waals surface area contributed by atoms with Crippen LogP contribution in [0.5, 0.6) is 0 Å². The van der Waals surface area contributed by atoms with E-state index in [0.29, 0.717) is 16.9 Å². The lowest BCUT2D eigenvalue weighted by atomic mass is 10.2. The molecule has 6 nitrogen and oxygen atoms in total. The molecule has 0 atom stereocenters. The van der Waals surface area contributed by atoms with E-state index < -0.39 is 0 Å². The maximum absolute atomic E-state index is 11.8. The van der Waals surface area contributed by atoms with Crippen molar-refractivity contribution in [2.75, 3.05) is 5.32 Å². The van der Waals surface area contributed by atoms with Crippen LogP contribution in [0, 0.1) is 0 Å². The summed E-state index contributed by atoms with van der Waals surface area (Å²) in [6.45, 7) is 0. The van der Waals surface area contributed by atoms with Gasteiger partial charge in [0.25, 0.3) is 5.91 Å². The quantitative estimate of drug-likeness (QED) is 0.794. The van der Waals surface area contributed by atoms with Gasteiger partial charge < -0.3 is 11.1 Å². The van der Waals surface area contributed by atoms with Gasteiger partial charge in [-0.25, -0.2) is 0 Å². The molecule has 92 valence electrons. The van der Waals surface area contributed by atoms with Crippen LogP contribution >= 0.6 is 12.2 Å². The highest BCUT2D eigenvalue weighted by molar-refractivity contribution is 7.80. The molecular weight excluding hydrogens is 250 g/mol. The number of thiocarbonyl (C=S) groups is 1. The van der Waals surface area contributed by atoms with Crippen molar-refractivity contribution >= 4 is 28.8 Å². The highest BCUT2D eigenvalue weighted by atomic mass is 32.1. The van der Waals surface area contributed by atoms with Gasteiger partial charge in [0.1, 0.15) is 10.7 Å². The molecule has 0 aliphatic heterocycles. The second-order valence-electron chi connectivity index (χ2n) is 3.65. The number of nitrogens with zero attached hydrogens (tertiary/aromatic N) is 3. The Kier molecular flexibility index (Phi) is 3.33. The number of hydrogen-bond donors (Lipinski definition) is 2. The van der Waals surface area contributed by atoms with Gasteiger partial charge in [0, 0.05) is 25.0 Å². The largest absolute Gasteiger partial charge is 0.389 e. The number of anilines is 1. The van der Waals surface area contributed by atoms with Gasteiger partial charge in [-0.3, -0.25) is 14.5 Å². The summed E-state index contributed by atoms with van der Waals surface area (Å²) in [6.07, 6.45) is 4.73. The topological polar surface area (TPSA) is 85.8 Å². The molecule has 2 aromatic heterocycles. The minimum Gasteiger partial charge on any atom is -0.389 e. The second kappa shape index (κ2) is 4.92. The Morgan fingerprint density at radius 1 is 1.44 bits per heavy atom. The first kappa shape index (κ1) is 12.2. The Morgan fingerprint density at radius 2 is 2.22 bits per heavy atom. The predicted molar refractivity (Wildman–Crippen MR) is 71.3 cm³/mol. The molecule has 1 amide bonds. The zero-order valence-electron chi connectivity index (χ0n) is 9.62. The van der Waals surface area contributed by atoms with Crippen LogP contribution in [0.25, 0.3) is 0 Å². The lowest BCUT2D eigenvalue weighted by Gasteiger charge is -2.02. The summed E-state index contributed by atoms with van der Waals surface area (Å²) in [5, 5.41) is 6.63. The van der Waals surface area contributed by atoms with Crippen molar-refractivity contribution < 1.29 is 4.79 Å². The van der Waals surface area contributed by atoms with E-state index in [9.17, 15) is 4.79 Å². The molecule has 0 aliphatic carbocycles. The van der Waals surface area contributed by atoms with Gasteiger partial charge in [-0.1, -0.05) is 12.2 Å². The second-order valence-corrected chi connectivity index (χ2v) is 4.09. The summed E-state index contributed by atoms with van der Waals surface area (Å²) in [6, 6.07) is 3.23. The minimum absolute atomic E-state index is 0.252. The SMILES string of the molecule is Cn1cc(NC(=O)c2ccc(C(N)=S)cn2)cn1. The van der Waals surface area contributed by atoms with E-state index in [2.05, 4.69) is 15.4 Å². The summed E-state index contributed by atoms with van der Waals surface area (Å²) in [5.41, 5.74) is 6.98. The van der Waals surface area contributed by atoms with Crippen molar-refractivity contribution in [1.82, 2.24) is 14.8 Å². The molecule has 0 radical (unpaired) electrons. The van der Waals surface area contributed by atoms with Crippen molar-refractivity contribution in [3.63, 3.8) is 0 Å². The number of hydrogen-bond acceptors (Lipinski definition) is 4. The number of nitrogens with one attached hydrogen (secondary N) is 1. The van der Waals surface area contributed by atoms with Crippen molar-refractivity contribution in [1.29, 1.82) is 0 Å². The molecule has 0 fully saturated rings. The van der Waals surface area contributed by atoms with Crippen LogP contribution in [0.15, 0.2) is 30.7 Å². The molecule has 18 heavy (non-hydrogen) atoms. The fraction of sp³-hybridized carbons (Fsp3) is 0.0909. The highest BCUT2D eigenvalue weighted by Gasteiger charge is 2.09. The lowest BCUT2D eigenvalue weighted by Crippen LogP contribution is -2.15. The first-order valence-corrected chi connectivity index (χ1v) is 5.53. The summed E-state index contributed by atoms with van der Waals surface area (Å²) >= 11 is 4.80. The summed E-state index contributed by atoms with van der Waals surface area (Å²) in [5.74, 6) is -0.308. The number of aryl methyl sites for hydroxylation is 1. The van der Waals surface area contributed by atoms with E-state index in [-0.39, 0.29) is 10.9 Å². The van der Waals surface area contributed by atoms with E-state index >= 15 is 0 Å². The molecular formula is C11H11N5OS. The van der Waals surface area contributed by atoms with E-state index in [1.807, 2.05) is 0 Å². The summed E-state index contributed by atoms with van der Waals surface area (Å²) in [7, 11) is 1.77. The third-order valence-electron chi connectivity index (χ3n) is 2.24. The van der Waals surface area contributed by atoms with Crippen LogP contribution in [-0.4, -0.2) is 25.7 Å². The average Bonchev–Trinajstić information content (AvgIpc) is 2.75. The van der Waals surface area contributed by atoms with Crippen LogP contribution in [0.4, 0.5) is 5.69 Å². The van der Waals surface area contributed by atoms with Gasteiger partial charge in [0.05, 0.1) is 11.9 Å². The highest BCUT2D eigenvalue weighted by Crippen LogP contribution is 2.07. The zero-order valence-corrected chi connectivity index (χ0v) is 10.4. The van der Waals surface area contributed by atoms with Gasteiger partial charge >= 0.3 is 0 Å². The smallest absolute Gasteiger partial charge is 0.274 e. The molecule has 3 N–H and O–H groups in total. The van der Waals surface area contributed by atoms with Gasteiger partial charge in [0.15, 0.2) is 0 Å². The van der Waals surface area contributed by atoms with E-state index in [0.717, 1.165) is 0 Å². The number of rotatable bonds is 3. The maximum atomic E-state index is 11.8. The number of amides is 1. The molecule has 2 rings (SSSR count). The molecule has 7 heteroatoms. The predicted octanol–water partition coefficient (Wildman–Crippen LogP) is 0.702. The van der Waals surface area contributed by atoms with Gasteiger partial charge in [-0.05, 0) is 12.1 Å². The minimum atomic E-state index is -0.308. The molecule has 0 aliphatic rings. The summed E-state index contributed by atoms with van der Waals surface area (Å²) < 4.78 is 1.60. The Labute approximate surface area is 109 Å². The van der Waals surface area contributed by atoms with Gasteiger partial charge in [-0.2, -0.15) is 5.10 Å². The van der Waals surface area contributed by atoms with Crippen LogP contribution in [0.2, 0.25) is 0 Å². The van der Waals surface area contributed by atoms with Crippen molar-refractivity contribution in [3.05, 3.63) is 42.0 Å². The van der Waals surface area contributed by atoms with E-state index in [1.165, 1.54) is 6.20 Å². The number of pyridine rings is 1. The molecule has 0 spiro atoms. The van der Waals surface area contributed by atoms with Crippen molar-refractivity contribution in [2.45, 2.75) is 0 Å². The van der Waals surface area contributed by atoms with E-state index in [1.54, 1.807) is 36.3 Å². The van der Waals surface area contributed by atoms with Crippen LogP contribution in [0.3, 0.4) is 0 Å². The molecule has 2 heterocycles. The van der Waals surface area contributed by atoms with Crippen molar-refractivity contribution in [2.24, 2.45) is 12.8 Å². The fourth-order valence-corrected chi connectivity index (χ4v) is 1.48. The summed E-state index contributed by atoms with van der Waals surface area (Å²) in [4.78, 5) is 16.1. The molecule has 2 aromatic rings. The Bertz CT molecular complexity index is 590. The normalized spacial score (nSPS) is 10.1. The van der Waals surface area contributed by atoms with E-state index in [4.69, 9.17) is 18.0 Å². The third kappa shape index (κ3) is 2.69. The monoisotopic (exact) mass is 261 g/mol. The molecule has 0 bridgehead atoms. The van der Waals surface area contributed by atoms with Gasteiger partial charge in [0.2, 0.25) is 0 Å². The van der Waals surface area contributed by atoms with Crippen LogP contribution in [-0.2, 0) is 7.05 Å². The third-order valence-corrected chi connectivity index (χ3v) is 2.48. The van der Waals surface area contributed by atoms with Crippen LogP contribution in [0.1, 0.15) is 16.1 Å². The molecule has 0 unspecified atom stereocenters. The Hall–Kier alpha value is -2.28. The number of carbonyl (C=O) groups excluding carboxylic acids is 1. The molecule has 0 saturated carbocycles. The van der Waals surface area contributed by atoms with Crippen LogP contribution < -0.4 is 11.1 Å². The first-order chi connectivity index (χ1) is 8.56. The standard InChI is InChI=1S/C11H11N5OS/c1-16-6-8(5-14-16)15-11(17)9-3-2-7(4-13-9)10(12)18/h2-6H,1H3,(H2,12,18)(H,15,17). The fourth-order valence-electron chi connectivity index (χ4n) is 1.35. The lowest BCUT2D eigenvalue weighted by molar-refractivity contribution is 0.102. The first-order valence-electron chi connectivity index (χ1n) is 5.12. The molecule has 0 aromatic carbocycles. The number of nitrogens with two attached hydrogens (primary N) is 1. The van der Waals surface area contributed by atoms with Gasteiger partial charge in [-0.15, -0.1) is 0 Å². The molecule has 0 saturated heterocycles. The maximum Gasteiger partial charge on any atom is 0.274 e. The average molecular weight is 261 g/mol.